The highest BCUT2D eigenvalue weighted by molar-refractivity contribution is 5.95. The molecule has 1 fully saturated rings. The molecule has 24 heavy (non-hydrogen) atoms. The van der Waals surface area contributed by atoms with Crippen molar-refractivity contribution in [3.8, 4) is 0 Å². The lowest BCUT2D eigenvalue weighted by molar-refractivity contribution is -0.0846. The van der Waals surface area contributed by atoms with Crippen molar-refractivity contribution in [1.82, 2.24) is 4.90 Å². The van der Waals surface area contributed by atoms with E-state index in [1.54, 1.807) is 12.1 Å². The summed E-state index contributed by atoms with van der Waals surface area (Å²) in [5, 5.41) is 0. The zero-order chi connectivity index (χ0) is 17.3. The summed E-state index contributed by atoms with van der Waals surface area (Å²) in [5.74, 6) is -0.276. The molecule has 1 heterocycles. The highest BCUT2D eigenvalue weighted by Gasteiger charge is 2.38. The van der Waals surface area contributed by atoms with Crippen LogP contribution in [0.25, 0.3) is 0 Å². The van der Waals surface area contributed by atoms with Crippen molar-refractivity contribution < 1.29 is 13.9 Å². The van der Waals surface area contributed by atoms with Gasteiger partial charge in [-0.15, -0.1) is 0 Å². The van der Waals surface area contributed by atoms with Crippen molar-refractivity contribution in [3.63, 3.8) is 0 Å². The number of nitrogens with zero attached hydrogens (tertiary/aromatic N) is 1. The number of rotatable bonds is 2. The van der Waals surface area contributed by atoms with Gasteiger partial charge in [-0.25, -0.2) is 4.39 Å². The molecular formula is C20H22FNO2. The normalized spacial score (nSPS) is 20.0. The molecular weight excluding hydrogens is 305 g/mol. The van der Waals surface area contributed by atoms with Gasteiger partial charge in [0, 0.05) is 5.56 Å². The third kappa shape index (κ3) is 3.34. The number of carbonyl (C=O) groups excluding carboxylic acids is 1. The van der Waals surface area contributed by atoms with Gasteiger partial charge >= 0.3 is 0 Å². The molecule has 2 aromatic rings. The first-order chi connectivity index (χ1) is 11.4. The molecule has 1 aliphatic heterocycles. The van der Waals surface area contributed by atoms with E-state index in [1.165, 1.54) is 12.1 Å². The fraction of sp³-hybridized carbons (Fsp3) is 0.350. The van der Waals surface area contributed by atoms with Crippen LogP contribution in [0.1, 0.15) is 41.4 Å². The number of amides is 1. The summed E-state index contributed by atoms with van der Waals surface area (Å²) in [4.78, 5) is 14.9. The van der Waals surface area contributed by atoms with Crippen molar-refractivity contribution in [3.05, 3.63) is 71.0 Å². The molecule has 0 radical (unpaired) electrons. The van der Waals surface area contributed by atoms with Crippen LogP contribution in [0.4, 0.5) is 4.39 Å². The lowest BCUT2D eigenvalue weighted by atomic mass is 9.96. The van der Waals surface area contributed by atoms with Gasteiger partial charge in [0.15, 0.2) is 0 Å². The average molecular weight is 327 g/mol. The van der Waals surface area contributed by atoms with Crippen LogP contribution >= 0.6 is 0 Å². The van der Waals surface area contributed by atoms with Crippen LogP contribution in [-0.4, -0.2) is 29.5 Å². The second-order valence-corrected chi connectivity index (χ2v) is 6.95. The number of benzene rings is 2. The molecule has 1 amide bonds. The first-order valence-electron chi connectivity index (χ1n) is 8.12. The summed E-state index contributed by atoms with van der Waals surface area (Å²) >= 11 is 0. The largest absolute Gasteiger partial charge is 0.369 e. The number of carbonyl (C=O) groups is 1. The van der Waals surface area contributed by atoms with Gasteiger partial charge in [-0.3, -0.25) is 4.79 Å². The predicted octanol–water partition coefficient (Wildman–Crippen LogP) is 4.13. The maximum atomic E-state index is 13.1. The first-order valence-corrected chi connectivity index (χ1v) is 8.12. The van der Waals surface area contributed by atoms with Crippen LogP contribution in [0.3, 0.4) is 0 Å². The molecule has 2 aromatic carbocycles. The summed E-state index contributed by atoms with van der Waals surface area (Å²) in [6.07, 6.45) is -0.243. The third-order valence-electron chi connectivity index (χ3n) is 4.47. The average Bonchev–Trinajstić information content (AvgIpc) is 2.55. The van der Waals surface area contributed by atoms with E-state index in [4.69, 9.17) is 4.74 Å². The van der Waals surface area contributed by atoms with Gasteiger partial charge in [0.25, 0.3) is 5.91 Å². The molecule has 0 bridgehead atoms. The van der Waals surface area contributed by atoms with Crippen molar-refractivity contribution in [2.24, 2.45) is 0 Å². The lowest BCUT2D eigenvalue weighted by Crippen LogP contribution is -2.56. The fourth-order valence-corrected chi connectivity index (χ4v) is 3.02. The topological polar surface area (TPSA) is 29.5 Å². The number of ether oxygens (including phenoxy) is 1. The van der Waals surface area contributed by atoms with E-state index in [0.29, 0.717) is 18.7 Å². The van der Waals surface area contributed by atoms with Crippen LogP contribution in [0.15, 0.2) is 48.5 Å². The van der Waals surface area contributed by atoms with E-state index in [-0.39, 0.29) is 17.8 Å². The standard InChI is InChI=1S/C20H22FNO2/c1-14-5-4-6-16(11-14)19(23)22-12-18(24-13-20(22,2)3)15-7-9-17(21)10-8-15/h4-11,18H,12-13H2,1-3H3. The molecule has 3 rings (SSSR count). The number of aryl methyl sites for hydroxylation is 1. The van der Waals surface area contributed by atoms with E-state index in [0.717, 1.165) is 11.1 Å². The van der Waals surface area contributed by atoms with Crippen molar-refractivity contribution in [2.45, 2.75) is 32.4 Å². The van der Waals surface area contributed by atoms with E-state index >= 15 is 0 Å². The van der Waals surface area contributed by atoms with Crippen LogP contribution in [0.2, 0.25) is 0 Å². The SMILES string of the molecule is Cc1cccc(C(=O)N2CC(c3ccc(F)cc3)OCC2(C)C)c1. The van der Waals surface area contributed by atoms with Gasteiger partial charge in [-0.05, 0) is 50.6 Å². The van der Waals surface area contributed by atoms with E-state index in [1.807, 2.05) is 49.9 Å². The second kappa shape index (κ2) is 6.36. The third-order valence-corrected chi connectivity index (χ3v) is 4.47. The molecule has 1 saturated heterocycles. The zero-order valence-electron chi connectivity index (χ0n) is 14.3. The monoisotopic (exact) mass is 327 g/mol. The van der Waals surface area contributed by atoms with E-state index in [9.17, 15) is 9.18 Å². The summed E-state index contributed by atoms with van der Waals surface area (Å²) < 4.78 is 19.1. The van der Waals surface area contributed by atoms with Crippen molar-refractivity contribution in [1.29, 1.82) is 0 Å². The maximum Gasteiger partial charge on any atom is 0.254 e. The second-order valence-electron chi connectivity index (χ2n) is 6.95. The summed E-state index contributed by atoms with van der Waals surface area (Å²) in [5.41, 5.74) is 2.23. The number of hydrogen-bond donors (Lipinski definition) is 0. The Labute approximate surface area is 142 Å². The lowest BCUT2D eigenvalue weighted by Gasteiger charge is -2.45. The summed E-state index contributed by atoms with van der Waals surface area (Å²) in [6.45, 7) is 6.86. The predicted molar refractivity (Wildman–Crippen MR) is 91.4 cm³/mol. The molecule has 0 saturated carbocycles. The Balaban J connectivity index is 1.86. The molecule has 1 atom stereocenters. The molecule has 126 valence electrons. The van der Waals surface area contributed by atoms with Gasteiger partial charge in [-0.2, -0.15) is 0 Å². The Hall–Kier alpha value is -2.20. The molecule has 0 N–H and O–H groups in total. The molecule has 0 spiro atoms. The molecule has 0 aliphatic carbocycles. The Bertz CT molecular complexity index is 740. The minimum absolute atomic E-state index is 0.000823. The van der Waals surface area contributed by atoms with Gasteiger partial charge in [0.1, 0.15) is 11.9 Å². The fourth-order valence-electron chi connectivity index (χ4n) is 3.02. The number of hydrogen-bond acceptors (Lipinski definition) is 2. The molecule has 1 unspecified atom stereocenters. The van der Waals surface area contributed by atoms with Gasteiger partial charge in [0.2, 0.25) is 0 Å². The minimum atomic E-state index is -0.392. The number of halogens is 1. The molecule has 0 aromatic heterocycles. The minimum Gasteiger partial charge on any atom is -0.369 e. The molecule has 1 aliphatic rings. The smallest absolute Gasteiger partial charge is 0.254 e. The van der Waals surface area contributed by atoms with Crippen molar-refractivity contribution >= 4 is 5.91 Å². The van der Waals surface area contributed by atoms with Gasteiger partial charge in [0.05, 0.1) is 18.7 Å². The highest BCUT2D eigenvalue weighted by atomic mass is 19.1. The Kier molecular flexibility index (Phi) is 4.41. The Morgan fingerprint density at radius 3 is 2.58 bits per heavy atom. The first kappa shape index (κ1) is 16.7. The maximum absolute atomic E-state index is 13.1. The van der Waals surface area contributed by atoms with Gasteiger partial charge in [-0.1, -0.05) is 29.8 Å². The zero-order valence-corrected chi connectivity index (χ0v) is 14.3. The summed E-state index contributed by atoms with van der Waals surface area (Å²) in [7, 11) is 0. The van der Waals surface area contributed by atoms with Crippen LogP contribution in [-0.2, 0) is 4.74 Å². The Morgan fingerprint density at radius 1 is 1.21 bits per heavy atom. The molecule has 4 heteroatoms. The summed E-state index contributed by atoms with van der Waals surface area (Å²) in [6, 6.07) is 13.9. The van der Waals surface area contributed by atoms with Crippen LogP contribution in [0.5, 0.6) is 0 Å². The van der Waals surface area contributed by atoms with E-state index < -0.39 is 5.54 Å². The Morgan fingerprint density at radius 2 is 1.92 bits per heavy atom. The van der Waals surface area contributed by atoms with Crippen LogP contribution < -0.4 is 0 Å². The highest BCUT2D eigenvalue weighted by Crippen LogP contribution is 2.31. The quantitative estimate of drug-likeness (QED) is 0.830. The molecule has 3 nitrogen and oxygen atoms in total. The van der Waals surface area contributed by atoms with Crippen LogP contribution in [0, 0.1) is 12.7 Å². The van der Waals surface area contributed by atoms with Crippen molar-refractivity contribution in [2.75, 3.05) is 13.2 Å². The van der Waals surface area contributed by atoms with E-state index in [2.05, 4.69) is 0 Å². The number of morpholine rings is 1. The van der Waals surface area contributed by atoms with Gasteiger partial charge < -0.3 is 9.64 Å².